The highest BCUT2D eigenvalue weighted by molar-refractivity contribution is 6.01. The van der Waals surface area contributed by atoms with E-state index in [1.165, 1.54) is 0 Å². The highest BCUT2D eigenvalue weighted by Crippen LogP contribution is 2.15. The van der Waals surface area contributed by atoms with Gasteiger partial charge in [-0.05, 0) is 56.3 Å². The Labute approximate surface area is 154 Å². The summed E-state index contributed by atoms with van der Waals surface area (Å²) in [6.45, 7) is 5.19. The molecule has 0 aliphatic heterocycles. The maximum Gasteiger partial charge on any atom is 0.325 e. The summed E-state index contributed by atoms with van der Waals surface area (Å²) in [5.41, 5.74) is 2.93. The van der Waals surface area contributed by atoms with Gasteiger partial charge in [0.2, 0.25) is 5.91 Å². The van der Waals surface area contributed by atoms with Crippen molar-refractivity contribution in [3.63, 3.8) is 0 Å². The van der Waals surface area contributed by atoms with Crippen LogP contribution in [0.25, 0.3) is 0 Å². The average molecular weight is 355 g/mol. The van der Waals surface area contributed by atoms with Crippen molar-refractivity contribution >= 4 is 17.6 Å². The summed E-state index contributed by atoms with van der Waals surface area (Å²) in [5.74, 6) is 0.454. The van der Waals surface area contributed by atoms with Gasteiger partial charge in [0.1, 0.15) is 12.4 Å². The second-order valence-corrected chi connectivity index (χ2v) is 6.28. The number of carbonyl (C=O) groups excluding carboxylic acids is 2. The van der Waals surface area contributed by atoms with Crippen molar-refractivity contribution in [1.82, 2.24) is 10.2 Å². The van der Waals surface area contributed by atoms with Gasteiger partial charge in [-0.1, -0.05) is 24.3 Å². The van der Waals surface area contributed by atoms with E-state index < -0.39 is 6.03 Å². The lowest BCUT2D eigenvalue weighted by Crippen LogP contribution is -2.41. The molecule has 2 aromatic rings. The molecule has 0 saturated carbocycles. The number of urea groups is 1. The fraction of sp³-hybridized carbons (Fsp3) is 0.300. The van der Waals surface area contributed by atoms with E-state index in [1.807, 2.05) is 32.0 Å². The molecule has 3 amide bonds. The van der Waals surface area contributed by atoms with Crippen molar-refractivity contribution in [3.05, 3.63) is 59.7 Å². The predicted octanol–water partition coefficient (Wildman–Crippen LogP) is 2.96. The maximum atomic E-state index is 11.9. The van der Waals surface area contributed by atoms with Crippen LogP contribution < -0.4 is 15.4 Å². The van der Waals surface area contributed by atoms with Crippen molar-refractivity contribution in [1.29, 1.82) is 0 Å². The van der Waals surface area contributed by atoms with Gasteiger partial charge in [0.05, 0.1) is 6.54 Å². The topological polar surface area (TPSA) is 70.7 Å². The quantitative estimate of drug-likeness (QED) is 0.801. The van der Waals surface area contributed by atoms with Crippen molar-refractivity contribution in [3.8, 4) is 5.75 Å². The van der Waals surface area contributed by atoms with Gasteiger partial charge in [-0.15, -0.1) is 0 Å². The zero-order valence-corrected chi connectivity index (χ0v) is 15.4. The first kappa shape index (κ1) is 19.5. The van der Waals surface area contributed by atoms with Gasteiger partial charge in [0.25, 0.3) is 0 Å². The minimum Gasteiger partial charge on any atom is -0.492 e. The van der Waals surface area contributed by atoms with E-state index in [0.29, 0.717) is 18.8 Å². The number of amides is 3. The number of imide groups is 1. The van der Waals surface area contributed by atoms with Gasteiger partial charge in [-0.2, -0.15) is 0 Å². The first-order valence-electron chi connectivity index (χ1n) is 8.48. The summed E-state index contributed by atoms with van der Waals surface area (Å²) in [6, 6.07) is 14.5. The molecule has 0 heterocycles. The largest absolute Gasteiger partial charge is 0.492 e. The third-order valence-electron chi connectivity index (χ3n) is 3.64. The van der Waals surface area contributed by atoms with Crippen LogP contribution >= 0.6 is 0 Å². The Morgan fingerprint density at radius 1 is 1.04 bits per heavy atom. The first-order valence-corrected chi connectivity index (χ1v) is 8.48. The van der Waals surface area contributed by atoms with Crippen LogP contribution in [0.5, 0.6) is 5.75 Å². The molecule has 0 aromatic heterocycles. The number of ether oxygens (including phenoxy) is 1. The minimum atomic E-state index is -0.541. The molecule has 2 aromatic carbocycles. The lowest BCUT2D eigenvalue weighted by atomic mass is 10.1. The van der Waals surface area contributed by atoms with Crippen LogP contribution in [-0.4, -0.2) is 43.6 Å². The number of benzene rings is 2. The Kier molecular flexibility index (Phi) is 7.17. The monoisotopic (exact) mass is 355 g/mol. The van der Waals surface area contributed by atoms with Crippen molar-refractivity contribution in [2.75, 3.05) is 32.1 Å². The average Bonchev–Trinajstić information content (AvgIpc) is 2.54. The van der Waals surface area contributed by atoms with E-state index in [-0.39, 0.29) is 12.5 Å². The molecule has 6 nitrogen and oxygen atoms in total. The normalized spacial score (nSPS) is 10.5. The number of para-hydroxylation sites is 1. The second-order valence-electron chi connectivity index (χ2n) is 6.28. The van der Waals surface area contributed by atoms with Crippen LogP contribution in [0.2, 0.25) is 0 Å². The maximum absolute atomic E-state index is 11.9. The first-order chi connectivity index (χ1) is 12.4. The van der Waals surface area contributed by atoms with E-state index in [9.17, 15) is 9.59 Å². The standard InChI is InChI=1S/C20H25N3O3/c1-15-11-16(2)13-18(12-15)26-10-9-23(3)14-19(24)22-20(25)21-17-7-5-4-6-8-17/h4-8,11-13H,9-10,14H2,1-3H3,(H2,21,22,24,25). The molecule has 6 heteroatoms. The number of nitrogens with zero attached hydrogens (tertiary/aromatic N) is 1. The molecule has 0 spiro atoms. The molecule has 0 saturated heterocycles. The fourth-order valence-electron chi connectivity index (χ4n) is 2.51. The van der Waals surface area contributed by atoms with E-state index >= 15 is 0 Å². The molecule has 0 aliphatic rings. The number of carbonyl (C=O) groups is 2. The number of hydrogen-bond acceptors (Lipinski definition) is 4. The lowest BCUT2D eigenvalue weighted by Gasteiger charge is -2.17. The number of rotatable bonds is 7. The van der Waals surface area contributed by atoms with Crippen LogP contribution in [0.3, 0.4) is 0 Å². The number of nitrogens with one attached hydrogen (secondary N) is 2. The molecule has 0 bridgehead atoms. The molecule has 2 N–H and O–H groups in total. The Morgan fingerprint density at radius 3 is 2.35 bits per heavy atom. The van der Waals surface area contributed by atoms with E-state index in [2.05, 4.69) is 16.7 Å². The van der Waals surface area contributed by atoms with Crippen molar-refractivity contribution in [2.24, 2.45) is 0 Å². The van der Waals surface area contributed by atoms with E-state index in [0.717, 1.165) is 16.9 Å². The molecular weight excluding hydrogens is 330 g/mol. The van der Waals surface area contributed by atoms with Gasteiger partial charge in [0, 0.05) is 12.2 Å². The number of anilines is 1. The summed E-state index contributed by atoms with van der Waals surface area (Å²) < 4.78 is 5.73. The number of hydrogen-bond donors (Lipinski definition) is 2. The van der Waals surface area contributed by atoms with Gasteiger partial charge >= 0.3 is 6.03 Å². The predicted molar refractivity (Wildman–Crippen MR) is 103 cm³/mol. The van der Waals surface area contributed by atoms with Crippen LogP contribution in [0, 0.1) is 13.8 Å². The molecule has 0 radical (unpaired) electrons. The molecule has 138 valence electrons. The molecule has 2 rings (SSSR count). The molecule has 0 fully saturated rings. The van der Waals surface area contributed by atoms with Crippen molar-refractivity contribution < 1.29 is 14.3 Å². The number of aryl methyl sites for hydroxylation is 2. The molecular formula is C20H25N3O3. The molecule has 0 unspecified atom stereocenters. The second kappa shape index (κ2) is 9.58. The van der Waals surface area contributed by atoms with Crippen LogP contribution in [0.15, 0.2) is 48.5 Å². The molecule has 26 heavy (non-hydrogen) atoms. The summed E-state index contributed by atoms with van der Waals surface area (Å²) in [4.78, 5) is 25.5. The van der Waals surface area contributed by atoms with Gasteiger partial charge in [-0.3, -0.25) is 15.0 Å². The summed E-state index contributed by atoms with van der Waals surface area (Å²) in [7, 11) is 1.81. The minimum absolute atomic E-state index is 0.110. The zero-order chi connectivity index (χ0) is 18.9. The summed E-state index contributed by atoms with van der Waals surface area (Å²) in [6.07, 6.45) is 0. The van der Waals surface area contributed by atoms with Crippen LogP contribution in [-0.2, 0) is 4.79 Å². The Balaban J connectivity index is 1.69. The summed E-state index contributed by atoms with van der Waals surface area (Å²) >= 11 is 0. The zero-order valence-electron chi connectivity index (χ0n) is 15.4. The lowest BCUT2D eigenvalue weighted by molar-refractivity contribution is -0.120. The Hall–Kier alpha value is -2.86. The van der Waals surface area contributed by atoms with Gasteiger partial charge in [-0.25, -0.2) is 4.79 Å². The van der Waals surface area contributed by atoms with Crippen LogP contribution in [0.1, 0.15) is 11.1 Å². The highest BCUT2D eigenvalue weighted by Gasteiger charge is 2.10. The van der Waals surface area contributed by atoms with Crippen molar-refractivity contribution in [2.45, 2.75) is 13.8 Å². The van der Waals surface area contributed by atoms with E-state index in [4.69, 9.17) is 4.74 Å². The Morgan fingerprint density at radius 2 is 1.69 bits per heavy atom. The molecule has 0 aliphatic carbocycles. The van der Waals surface area contributed by atoms with E-state index in [1.54, 1.807) is 36.2 Å². The van der Waals surface area contributed by atoms with Gasteiger partial charge < -0.3 is 10.1 Å². The number of likely N-dealkylation sites (N-methyl/N-ethyl adjacent to an activating group) is 1. The third-order valence-corrected chi connectivity index (χ3v) is 3.64. The fourth-order valence-corrected chi connectivity index (χ4v) is 2.51. The highest BCUT2D eigenvalue weighted by atomic mass is 16.5. The van der Waals surface area contributed by atoms with Crippen LogP contribution in [0.4, 0.5) is 10.5 Å². The SMILES string of the molecule is Cc1cc(C)cc(OCCN(C)CC(=O)NC(=O)Nc2ccccc2)c1. The third kappa shape index (κ3) is 6.94. The Bertz CT molecular complexity index is 727. The smallest absolute Gasteiger partial charge is 0.325 e. The summed E-state index contributed by atoms with van der Waals surface area (Å²) in [5, 5.41) is 4.92. The van der Waals surface area contributed by atoms with Gasteiger partial charge in [0.15, 0.2) is 0 Å². The molecule has 0 atom stereocenters.